The number of aromatic amines is 1. The zero-order valence-corrected chi connectivity index (χ0v) is 18.6. The first-order chi connectivity index (χ1) is 15.1. The van der Waals surface area contributed by atoms with Gasteiger partial charge in [0, 0.05) is 34.5 Å². The topological polar surface area (TPSA) is 44.9 Å². The van der Waals surface area contributed by atoms with E-state index in [4.69, 9.17) is 11.6 Å². The third kappa shape index (κ3) is 4.67. The number of nitrogens with one attached hydrogen (secondary N) is 2. The van der Waals surface area contributed by atoms with Crippen LogP contribution in [0.3, 0.4) is 0 Å². The molecule has 0 aliphatic carbocycles. The fraction of sp³-hybridized carbons (Fsp3) is 0.222. The van der Waals surface area contributed by atoms with Crippen molar-refractivity contribution in [2.75, 3.05) is 0 Å². The normalized spacial score (nSPS) is 13.1. The molecule has 1 amide bonds. The molecule has 2 N–H and O–H groups in total. The SMILES string of the molecule is CCc1cccc2c([C@H](CC(=O)N[C@H](C)c3ccccc3)c3ccc(Cl)cc3)c[nH]c12. The Morgan fingerprint density at radius 2 is 1.71 bits per heavy atom. The van der Waals surface area contributed by atoms with Crippen LogP contribution in [0.4, 0.5) is 0 Å². The number of halogens is 1. The molecule has 0 bridgehead atoms. The fourth-order valence-electron chi connectivity index (χ4n) is 4.24. The fourth-order valence-corrected chi connectivity index (χ4v) is 4.36. The average molecular weight is 431 g/mol. The van der Waals surface area contributed by atoms with E-state index in [0.29, 0.717) is 11.4 Å². The molecule has 0 aliphatic rings. The van der Waals surface area contributed by atoms with Crippen LogP contribution in [-0.4, -0.2) is 10.9 Å². The smallest absolute Gasteiger partial charge is 0.221 e. The lowest BCUT2D eigenvalue weighted by Gasteiger charge is -2.20. The van der Waals surface area contributed by atoms with Crippen LogP contribution >= 0.6 is 11.6 Å². The Labute approximate surface area is 188 Å². The summed E-state index contributed by atoms with van der Waals surface area (Å²) in [6.45, 7) is 4.17. The van der Waals surface area contributed by atoms with Gasteiger partial charge in [0.15, 0.2) is 0 Å². The van der Waals surface area contributed by atoms with Crippen molar-refractivity contribution >= 4 is 28.4 Å². The summed E-state index contributed by atoms with van der Waals surface area (Å²) in [4.78, 5) is 16.5. The second kappa shape index (κ2) is 9.40. The number of fused-ring (bicyclic) bond motifs is 1. The third-order valence-corrected chi connectivity index (χ3v) is 6.18. The number of hydrogen-bond acceptors (Lipinski definition) is 1. The molecule has 2 atom stereocenters. The van der Waals surface area contributed by atoms with E-state index in [0.717, 1.165) is 28.6 Å². The summed E-state index contributed by atoms with van der Waals surface area (Å²) < 4.78 is 0. The summed E-state index contributed by atoms with van der Waals surface area (Å²) in [5.41, 5.74) is 5.74. The van der Waals surface area contributed by atoms with Crippen LogP contribution in [0.25, 0.3) is 10.9 Å². The molecule has 0 saturated carbocycles. The molecule has 0 fully saturated rings. The van der Waals surface area contributed by atoms with Crippen molar-refractivity contribution in [2.24, 2.45) is 0 Å². The van der Waals surface area contributed by atoms with Crippen LogP contribution in [-0.2, 0) is 11.2 Å². The van der Waals surface area contributed by atoms with Gasteiger partial charge >= 0.3 is 0 Å². The van der Waals surface area contributed by atoms with Gasteiger partial charge in [-0.2, -0.15) is 0 Å². The van der Waals surface area contributed by atoms with E-state index in [9.17, 15) is 4.79 Å². The lowest BCUT2D eigenvalue weighted by Crippen LogP contribution is -2.28. The molecule has 4 rings (SSSR count). The predicted octanol–water partition coefficient (Wildman–Crippen LogP) is 6.78. The summed E-state index contributed by atoms with van der Waals surface area (Å²) in [5.74, 6) is -0.0432. The molecule has 3 aromatic carbocycles. The number of carbonyl (C=O) groups excluding carboxylic acids is 1. The van der Waals surface area contributed by atoms with E-state index < -0.39 is 0 Å². The highest BCUT2D eigenvalue weighted by Crippen LogP contribution is 2.35. The van der Waals surface area contributed by atoms with E-state index in [1.165, 1.54) is 10.9 Å². The molecule has 0 aliphatic heterocycles. The molecule has 158 valence electrons. The average Bonchev–Trinajstić information content (AvgIpc) is 3.23. The Hall–Kier alpha value is -3.04. The maximum absolute atomic E-state index is 13.1. The van der Waals surface area contributed by atoms with Gasteiger partial charge in [0.1, 0.15) is 0 Å². The van der Waals surface area contributed by atoms with E-state index >= 15 is 0 Å². The molecule has 4 heteroatoms. The third-order valence-electron chi connectivity index (χ3n) is 5.93. The lowest BCUT2D eigenvalue weighted by molar-refractivity contribution is -0.121. The van der Waals surface area contributed by atoms with Crippen molar-refractivity contribution in [3.63, 3.8) is 0 Å². The van der Waals surface area contributed by atoms with Crippen LogP contribution in [0.2, 0.25) is 5.02 Å². The molecule has 1 heterocycles. The highest BCUT2D eigenvalue weighted by atomic mass is 35.5. The van der Waals surface area contributed by atoms with Gasteiger partial charge in [0.05, 0.1) is 6.04 Å². The first-order valence-corrected chi connectivity index (χ1v) is 11.1. The van der Waals surface area contributed by atoms with Gasteiger partial charge in [0.25, 0.3) is 0 Å². The Morgan fingerprint density at radius 1 is 0.968 bits per heavy atom. The second-order valence-corrected chi connectivity index (χ2v) is 8.38. The minimum atomic E-state index is -0.0684. The van der Waals surface area contributed by atoms with Crippen molar-refractivity contribution in [3.8, 4) is 0 Å². The maximum Gasteiger partial charge on any atom is 0.221 e. The van der Waals surface area contributed by atoms with Gasteiger partial charge < -0.3 is 10.3 Å². The van der Waals surface area contributed by atoms with Crippen LogP contribution in [0.1, 0.15) is 54.5 Å². The predicted molar refractivity (Wildman–Crippen MR) is 129 cm³/mol. The monoisotopic (exact) mass is 430 g/mol. The van der Waals surface area contributed by atoms with E-state index in [1.807, 2.05) is 61.5 Å². The lowest BCUT2D eigenvalue weighted by atomic mass is 9.87. The number of amides is 1. The number of benzene rings is 3. The first-order valence-electron chi connectivity index (χ1n) is 10.8. The van der Waals surface area contributed by atoms with Gasteiger partial charge in [-0.1, -0.05) is 79.2 Å². The largest absolute Gasteiger partial charge is 0.361 e. The number of para-hydroxylation sites is 1. The molecular weight excluding hydrogens is 404 g/mol. The Morgan fingerprint density at radius 3 is 2.42 bits per heavy atom. The van der Waals surface area contributed by atoms with Gasteiger partial charge in [0.2, 0.25) is 5.91 Å². The zero-order chi connectivity index (χ0) is 21.8. The summed E-state index contributed by atoms with van der Waals surface area (Å²) >= 11 is 6.13. The number of carbonyl (C=O) groups is 1. The quantitative estimate of drug-likeness (QED) is 0.333. The number of H-pyrrole nitrogens is 1. The number of aryl methyl sites for hydroxylation is 1. The molecule has 1 aromatic heterocycles. The van der Waals surface area contributed by atoms with Gasteiger partial charge in [-0.25, -0.2) is 0 Å². The van der Waals surface area contributed by atoms with Crippen LogP contribution in [0.5, 0.6) is 0 Å². The molecule has 3 nitrogen and oxygen atoms in total. The summed E-state index contributed by atoms with van der Waals surface area (Å²) in [6, 6.07) is 24.2. The number of aromatic nitrogens is 1. The first kappa shape index (κ1) is 21.2. The highest BCUT2D eigenvalue weighted by Gasteiger charge is 2.23. The summed E-state index contributed by atoms with van der Waals surface area (Å²) in [5, 5.41) is 5.03. The highest BCUT2D eigenvalue weighted by molar-refractivity contribution is 6.30. The van der Waals surface area contributed by atoms with Crippen molar-refractivity contribution in [1.82, 2.24) is 10.3 Å². The van der Waals surface area contributed by atoms with Crippen molar-refractivity contribution in [2.45, 2.75) is 38.6 Å². The molecule has 31 heavy (non-hydrogen) atoms. The van der Waals surface area contributed by atoms with Gasteiger partial charge in [-0.05, 0) is 47.7 Å². The van der Waals surface area contributed by atoms with Gasteiger partial charge in [-0.3, -0.25) is 4.79 Å². The molecule has 0 unspecified atom stereocenters. The van der Waals surface area contributed by atoms with E-state index in [-0.39, 0.29) is 17.9 Å². The number of rotatable bonds is 7. The Kier molecular flexibility index (Phi) is 6.43. The standard InChI is InChI=1S/C27H27ClN2O/c1-3-19-10-7-11-23-25(17-29-27(19)23)24(21-12-14-22(28)15-13-21)16-26(31)30-18(2)20-8-5-4-6-9-20/h4-15,17-18,24,29H,3,16H2,1-2H3,(H,30,31)/t18-,24-/m1/s1. The maximum atomic E-state index is 13.1. The number of hydrogen-bond donors (Lipinski definition) is 2. The van der Waals surface area contributed by atoms with E-state index in [1.54, 1.807) is 0 Å². The Balaban J connectivity index is 1.66. The van der Waals surface area contributed by atoms with Crippen LogP contribution < -0.4 is 5.32 Å². The van der Waals surface area contributed by atoms with Crippen LogP contribution in [0, 0.1) is 0 Å². The molecule has 0 saturated heterocycles. The molecule has 0 spiro atoms. The van der Waals surface area contributed by atoms with Crippen molar-refractivity contribution in [3.05, 3.63) is 106 Å². The second-order valence-electron chi connectivity index (χ2n) is 7.95. The van der Waals surface area contributed by atoms with E-state index in [2.05, 4.69) is 41.6 Å². The molecular formula is C27H27ClN2O. The van der Waals surface area contributed by atoms with Crippen molar-refractivity contribution < 1.29 is 4.79 Å². The minimum Gasteiger partial charge on any atom is -0.361 e. The Bertz CT molecular complexity index is 1170. The summed E-state index contributed by atoms with van der Waals surface area (Å²) in [6.07, 6.45) is 3.37. The molecule has 0 radical (unpaired) electrons. The van der Waals surface area contributed by atoms with Gasteiger partial charge in [-0.15, -0.1) is 0 Å². The van der Waals surface area contributed by atoms with Crippen molar-refractivity contribution in [1.29, 1.82) is 0 Å². The minimum absolute atomic E-state index is 0.0253. The van der Waals surface area contributed by atoms with Crippen LogP contribution in [0.15, 0.2) is 79.0 Å². The molecule has 4 aromatic rings. The zero-order valence-electron chi connectivity index (χ0n) is 17.9. The summed E-state index contributed by atoms with van der Waals surface area (Å²) in [7, 11) is 0.